The maximum atomic E-state index is 11.7. The van der Waals surface area contributed by atoms with Crippen LogP contribution in [-0.4, -0.2) is 23.3 Å². The molecule has 0 aromatic heterocycles. The number of rotatable bonds is 6. The van der Waals surface area contributed by atoms with Gasteiger partial charge >= 0.3 is 5.97 Å². The number of carbonyl (C=O) groups excluding carboxylic acids is 1. The van der Waals surface area contributed by atoms with Gasteiger partial charge in [0.1, 0.15) is 0 Å². The van der Waals surface area contributed by atoms with Gasteiger partial charge in [0, 0.05) is 0 Å². The highest BCUT2D eigenvalue weighted by molar-refractivity contribution is 5.79. The maximum Gasteiger partial charge on any atom is 0.338 e. The molecule has 16 heavy (non-hydrogen) atoms. The molecular weight excluding hydrogens is 204 g/mol. The summed E-state index contributed by atoms with van der Waals surface area (Å²) in [7, 11) is 0. The average molecular weight is 228 g/mol. The third kappa shape index (κ3) is 4.12. The van der Waals surface area contributed by atoms with Gasteiger partial charge in [-0.15, -0.1) is 0 Å². The van der Waals surface area contributed by atoms with E-state index in [0.29, 0.717) is 19.4 Å². The third-order valence-corrected chi connectivity index (χ3v) is 3.29. The van der Waals surface area contributed by atoms with Gasteiger partial charge < -0.3 is 9.84 Å². The fourth-order valence-corrected chi connectivity index (χ4v) is 2.17. The highest BCUT2D eigenvalue weighted by Gasteiger charge is 2.38. The second kappa shape index (κ2) is 6.89. The fraction of sp³-hybridized carbons (Fsp3) is 0.923. The molecule has 0 aromatic carbocycles. The van der Waals surface area contributed by atoms with Crippen molar-refractivity contribution < 1.29 is 14.6 Å². The number of hydrogen-bond acceptors (Lipinski definition) is 3. The molecule has 0 unspecified atom stereocenters. The molecule has 3 heteroatoms. The van der Waals surface area contributed by atoms with E-state index in [1.165, 1.54) is 12.8 Å². The van der Waals surface area contributed by atoms with Crippen molar-refractivity contribution in [2.75, 3.05) is 6.61 Å². The van der Waals surface area contributed by atoms with Gasteiger partial charge in [-0.2, -0.15) is 0 Å². The van der Waals surface area contributed by atoms with Gasteiger partial charge in [-0.05, 0) is 32.1 Å². The van der Waals surface area contributed by atoms with Crippen molar-refractivity contribution in [3.63, 3.8) is 0 Å². The molecular formula is C13H24O3. The van der Waals surface area contributed by atoms with Crippen LogP contribution in [0.4, 0.5) is 0 Å². The van der Waals surface area contributed by atoms with Crippen molar-refractivity contribution in [1.29, 1.82) is 0 Å². The highest BCUT2D eigenvalue weighted by atomic mass is 16.5. The van der Waals surface area contributed by atoms with Crippen LogP contribution in [0.15, 0.2) is 0 Å². The number of carbonyl (C=O) groups is 1. The molecule has 1 fully saturated rings. The Balaban J connectivity index is 2.18. The van der Waals surface area contributed by atoms with Crippen LogP contribution in [0.3, 0.4) is 0 Å². The Morgan fingerprint density at radius 1 is 1.19 bits per heavy atom. The van der Waals surface area contributed by atoms with Crippen LogP contribution in [-0.2, 0) is 9.53 Å². The molecule has 0 aromatic rings. The quantitative estimate of drug-likeness (QED) is 0.561. The van der Waals surface area contributed by atoms with Crippen molar-refractivity contribution in [2.45, 2.75) is 70.3 Å². The third-order valence-electron chi connectivity index (χ3n) is 3.29. The van der Waals surface area contributed by atoms with Gasteiger partial charge in [0.25, 0.3) is 0 Å². The monoisotopic (exact) mass is 228 g/mol. The SMILES string of the molecule is CCCCCCOC(=O)C1(O)CCCCC1. The van der Waals surface area contributed by atoms with E-state index in [4.69, 9.17) is 4.74 Å². The van der Waals surface area contributed by atoms with Gasteiger partial charge in [-0.3, -0.25) is 0 Å². The molecule has 0 radical (unpaired) electrons. The number of unbranched alkanes of at least 4 members (excludes halogenated alkanes) is 3. The Hall–Kier alpha value is -0.570. The first-order valence-corrected chi connectivity index (χ1v) is 6.58. The van der Waals surface area contributed by atoms with E-state index in [2.05, 4.69) is 6.92 Å². The molecule has 3 nitrogen and oxygen atoms in total. The first-order valence-electron chi connectivity index (χ1n) is 6.58. The van der Waals surface area contributed by atoms with Crippen LogP contribution < -0.4 is 0 Å². The molecule has 0 aliphatic heterocycles. The van der Waals surface area contributed by atoms with E-state index in [9.17, 15) is 9.90 Å². The standard InChI is InChI=1S/C13H24O3/c1-2-3-4-8-11-16-12(14)13(15)9-6-5-7-10-13/h15H,2-11H2,1H3. The van der Waals surface area contributed by atoms with Crippen LogP contribution in [0.2, 0.25) is 0 Å². The van der Waals surface area contributed by atoms with E-state index in [1.54, 1.807) is 0 Å². The van der Waals surface area contributed by atoms with Crippen molar-refractivity contribution in [3.05, 3.63) is 0 Å². The summed E-state index contributed by atoms with van der Waals surface area (Å²) >= 11 is 0. The smallest absolute Gasteiger partial charge is 0.338 e. The Bertz CT molecular complexity index is 207. The first-order chi connectivity index (χ1) is 7.69. The normalized spacial score (nSPS) is 19.4. The van der Waals surface area contributed by atoms with Gasteiger partial charge in [-0.25, -0.2) is 4.79 Å². The lowest BCUT2D eigenvalue weighted by molar-refractivity contribution is -0.169. The summed E-state index contributed by atoms with van der Waals surface area (Å²) in [6, 6.07) is 0. The molecule has 0 bridgehead atoms. The largest absolute Gasteiger partial charge is 0.464 e. The summed E-state index contributed by atoms with van der Waals surface area (Å²) in [6.07, 6.45) is 8.49. The van der Waals surface area contributed by atoms with Crippen LogP contribution >= 0.6 is 0 Å². The number of aliphatic hydroxyl groups is 1. The number of esters is 1. The minimum absolute atomic E-state index is 0.399. The molecule has 1 rings (SSSR count). The zero-order valence-corrected chi connectivity index (χ0v) is 10.3. The minimum Gasteiger partial charge on any atom is -0.464 e. The van der Waals surface area contributed by atoms with Gasteiger partial charge in [-0.1, -0.05) is 32.6 Å². The summed E-state index contributed by atoms with van der Waals surface area (Å²) in [5, 5.41) is 10.1. The predicted molar refractivity (Wildman–Crippen MR) is 63.1 cm³/mol. The lowest BCUT2D eigenvalue weighted by atomic mass is 9.85. The summed E-state index contributed by atoms with van der Waals surface area (Å²) in [5.74, 6) is -0.399. The van der Waals surface area contributed by atoms with Crippen LogP contribution in [0, 0.1) is 0 Å². The fourth-order valence-electron chi connectivity index (χ4n) is 2.17. The van der Waals surface area contributed by atoms with Crippen molar-refractivity contribution >= 4 is 5.97 Å². The van der Waals surface area contributed by atoms with Gasteiger partial charge in [0.05, 0.1) is 6.61 Å². The van der Waals surface area contributed by atoms with Gasteiger partial charge in [0.15, 0.2) is 5.60 Å². The van der Waals surface area contributed by atoms with Crippen molar-refractivity contribution in [3.8, 4) is 0 Å². The predicted octanol–water partition coefficient (Wildman–Crippen LogP) is 2.81. The summed E-state index contributed by atoms with van der Waals surface area (Å²) in [6.45, 7) is 2.61. The Kier molecular flexibility index (Phi) is 5.81. The minimum atomic E-state index is -1.18. The van der Waals surface area contributed by atoms with Crippen LogP contribution in [0.1, 0.15) is 64.7 Å². The Morgan fingerprint density at radius 2 is 1.88 bits per heavy atom. The molecule has 1 N–H and O–H groups in total. The first kappa shape index (κ1) is 13.5. The lowest BCUT2D eigenvalue weighted by Gasteiger charge is -2.29. The average Bonchev–Trinajstić information content (AvgIpc) is 2.29. The van der Waals surface area contributed by atoms with Gasteiger partial charge in [0.2, 0.25) is 0 Å². The van der Waals surface area contributed by atoms with E-state index in [0.717, 1.165) is 32.1 Å². The molecule has 94 valence electrons. The van der Waals surface area contributed by atoms with E-state index >= 15 is 0 Å². The maximum absolute atomic E-state index is 11.7. The molecule has 1 saturated carbocycles. The Labute approximate surface area is 98.2 Å². The number of hydrogen-bond donors (Lipinski definition) is 1. The van der Waals surface area contributed by atoms with E-state index < -0.39 is 11.6 Å². The zero-order valence-electron chi connectivity index (χ0n) is 10.3. The molecule has 0 heterocycles. The second-order valence-corrected chi connectivity index (χ2v) is 4.79. The van der Waals surface area contributed by atoms with Crippen molar-refractivity contribution in [1.82, 2.24) is 0 Å². The molecule has 0 saturated heterocycles. The molecule has 0 atom stereocenters. The van der Waals surface area contributed by atoms with Crippen LogP contribution in [0.5, 0.6) is 0 Å². The lowest BCUT2D eigenvalue weighted by Crippen LogP contribution is -2.41. The molecule has 0 amide bonds. The van der Waals surface area contributed by atoms with E-state index in [-0.39, 0.29) is 0 Å². The van der Waals surface area contributed by atoms with E-state index in [1.807, 2.05) is 0 Å². The summed E-state index contributed by atoms with van der Waals surface area (Å²) in [5.41, 5.74) is -1.18. The Morgan fingerprint density at radius 3 is 2.50 bits per heavy atom. The topological polar surface area (TPSA) is 46.5 Å². The van der Waals surface area contributed by atoms with Crippen molar-refractivity contribution in [2.24, 2.45) is 0 Å². The zero-order chi connectivity index (χ0) is 11.9. The second-order valence-electron chi connectivity index (χ2n) is 4.79. The summed E-state index contributed by atoms with van der Waals surface area (Å²) in [4.78, 5) is 11.7. The molecule has 0 spiro atoms. The van der Waals surface area contributed by atoms with Crippen LogP contribution in [0.25, 0.3) is 0 Å². The molecule has 1 aliphatic carbocycles. The number of ether oxygens (including phenoxy) is 1. The molecule has 1 aliphatic rings. The highest BCUT2D eigenvalue weighted by Crippen LogP contribution is 2.29. The summed E-state index contributed by atoms with van der Waals surface area (Å²) < 4.78 is 5.14.